The molecule has 0 spiro atoms. The Morgan fingerprint density at radius 1 is 1.33 bits per heavy atom. The normalized spacial score (nSPS) is 12.2. The molecule has 4 nitrogen and oxygen atoms in total. The Labute approximate surface area is 127 Å². The van der Waals surface area contributed by atoms with Crippen molar-refractivity contribution in [1.82, 2.24) is 5.32 Å². The predicted molar refractivity (Wildman–Crippen MR) is 72.6 cm³/mol. The van der Waals surface area contributed by atoms with Gasteiger partial charge in [0.25, 0.3) is 0 Å². The molecule has 1 unspecified atom stereocenters. The third-order valence-electron chi connectivity index (χ3n) is 2.68. The summed E-state index contributed by atoms with van der Waals surface area (Å²) in [7, 11) is 0. The maximum Gasteiger partial charge on any atom is 0.326 e. The molecule has 1 aromatic carbocycles. The van der Waals surface area contributed by atoms with E-state index >= 15 is 0 Å². The fraction of sp³-hybridized carbons (Fsp3) is 0.385. The van der Waals surface area contributed by atoms with Crippen LogP contribution in [0.4, 0.5) is 13.2 Å². The van der Waals surface area contributed by atoms with Gasteiger partial charge < -0.3 is 10.4 Å². The maximum absolute atomic E-state index is 13.0. The van der Waals surface area contributed by atoms with Crippen LogP contribution < -0.4 is 5.32 Å². The molecule has 116 valence electrons. The fourth-order valence-corrected chi connectivity index (χ4v) is 2.09. The molecule has 0 saturated carbocycles. The third kappa shape index (κ3) is 6.16. The third-order valence-corrected chi connectivity index (χ3v) is 3.45. The number of rotatable bonds is 7. The number of carboxylic acid groups (broad SMARTS) is 1. The quantitative estimate of drug-likeness (QED) is 0.778. The lowest BCUT2D eigenvalue weighted by Gasteiger charge is -2.14. The zero-order chi connectivity index (χ0) is 16.0. The molecule has 8 heteroatoms. The van der Waals surface area contributed by atoms with E-state index in [9.17, 15) is 22.8 Å². The van der Waals surface area contributed by atoms with Crippen LogP contribution in [0.15, 0.2) is 22.7 Å². The van der Waals surface area contributed by atoms with Crippen LogP contribution in [0.25, 0.3) is 0 Å². The molecule has 0 aliphatic rings. The van der Waals surface area contributed by atoms with Crippen LogP contribution in [0.5, 0.6) is 0 Å². The van der Waals surface area contributed by atoms with E-state index in [4.69, 9.17) is 5.11 Å². The molecule has 0 bridgehead atoms. The van der Waals surface area contributed by atoms with Crippen molar-refractivity contribution >= 4 is 27.8 Å². The molecular weight excluding hydrogens is 355 g/mol. The van der Waals surface area contributed by atoms with Crippen molar-refractivity contribution in [1.29, 1.82) is 0 Å². The van der Waals surface area contributed by atoms with E-state index in [2.05, 4.69) is 15.9 Å². The number of amides is 1. The number of aryl methyl sites for hydroxylation is 1. The lowest BCUT2D eigenvalue weighted by Crippen LogP contribution is -2.42. The van der Waals surface area contributed by atoms with Crippen molar-refractivity contribution in [2.45, 2.75) is 31.7 Å². The Morgan fingerprint density at radius 2 is 2.00 bits per heavy atom. The second-order valence-electron chi connectivity index (χ2n) is 4.32. The Morgan fingerprint density at radius 3 is 2.57 bits per heavy atom. The van der Waals surface area contributed by atoms with Crippen LogP contribution >= 0.6 is 15.9 Å². The summed E-state index contributed by atoms with van der Waals surface area (Å²) in [6, 6.07) is 2.34. The molecule has 1 aromatic rings. The summed E-state index contributed by atoms with van der Waals surface area (Å²) in [6.45, 7) is 0. The molecule has 0 aromatic heterocycles. The number of carbonyl (C=O) groups is 2. The van der Waals surface area contributed by atoms with Crippen molar-refractivity contribution < 1.29 is 27.9 Å². The van der Waals surface area contributed by atoms with E-state index in [1.165, 1.54) is 18.2 Å². The molecule has 1 amide bonds. The average molecular weight is 368 g/mol. The van der Waals surface area contributed by atoms with Crippen molar-refractivity contribution in [2.24, 2.45) is 0 Å². The highest BCUT2D eigenvalue weighted by Gasteiger charge is 2.23. The van der Waals surface area contributed by atoms with Gasteiger partial charge in [-0.15, -0.1) is 0 Å². The molecule has 21 heavy (non-hydrogen) atoms. The first kappa shape index (κ1) is 17.5. The Hall–Kier alpha value is -1.57. The highest BCUT2D eigenvalue weighted by Crippen LogP contribution is 2.19. The predicted octanol–water partition coefficient (Wildman–Crippen LogP) is 2.75. The van der Waals surface area contributed by atoms with Crippen LogP contribution in [0, 0.1) is 5.82 Å². The van der Waals surface area contributed by atoms with Gasteiger partial charge in [0.15, 0.2) is 0 Å². The summed E-state index contributed by atoms with van der Waals surface area (Å²) in [4.78, 5) is 22.3. The van der Waals surface area contributed by atoms with Crippen LogP contribution in [0.2, 0.25) is 0 Å². The molecular formula is C13H13BrF3NO3. The van der Waals surface area contributed by atoms with Crippen LogP contribution in [0.3, 0.4) is 0 Å². The molecule has 0 radical (unpaired) electrons. The molecule has 2 N–H and O–H groups in total. The van der Waals surface area contributed by atoms with Crippen LogP contribution in [0.1, 0.15) is 18.4 Å². The number of hydrogen-bond acceptors (Lipinski definition) is 2. The second kappa shape index (κ2) is 8.02. The van der Waals surface area contributed by atoms with Gasteiger partial charge in [-0.25, -0.2) is 18.0 Å². The van der Waals surface area contributed by atoms with E-state index in [0.717, 1.165) is 0 Å². The van der Waals surface area contributed by atoms with Gasteiger partial charge in [0.2, 0.25) is 12.3 Å². The van der Waals surface area contributed by atoms with Crippen molar-refractivity contribution in [2.75, 3.05) is 0 Å². The first-order chi connectivity index (χ1) is 9.79. The Balaban J connectivity index is 2.56. The monoisotopic (exact) mass is 367 g/mol. The summed E-state index contributed by atoms with van der Waals surface area (Å²) in [5, 5.41) is 10.8. The molecule has 0 heterocycles. The van der Waals surface area contributed by atoms with Crippen molar-refractivity contribution in [3.05, 3.63) is 34.1 Å². The number of benzene rings is 1. The van der Waals surface area contributed by atoms with Crippen molar-refractivity contribution in [3.8, 4) is 0 Å². The van der Waals surface area contributed by atoms with Gasteiger partial charge >= 0.3 is 5.97 Å². The summed E-state index contributed by atoms with van der Waals surface area (Å²) in [5.74, 6) is -2.66. The Kier molecular flexibility index (Phi) is 6.67. The summed E-state index contributed by atoms with van der Waals surface area (Å²) >= 11 is 3.20. The largest absolute Gasteiger partial charge is 0.480 e. The Bertz CT molecular complexity index is 525. The lowest BCUT2D eigenvalue weighted by atomic mass is 10.1. The summed E-state index contributed by atoms with van der Waals surface area (Å²) in [5.41, 5.74) is 0.533. The highest BCUT2D eigenvalue weighted by molar-refractivity contribution is 9.10. The number of nitrogens with one attached hydrogen (secondary N) is 1. The van der Waals surface area contributed by atoms with E-state index in [0.29, 0.717) is 10.0 Å². The van der Waals surface area contributed by atoms with Gasteiger partial charge in [0.1, 0.15) is 11.9 Å². The average Bonchev–Trinajstić information content (AvgIpc) is 2.38. The number of alkyl halides is 2. The van der Waals surface area contributed by atoms with Crippen molar-refractivity contribution in [3.63, 3.8) is 0 Å². The topological polar surface area (TPSA) is 66.4 Å². The SMILES string of the molecule is O=C(CCc1cc(F)ccc1Br)NC(CC(F)F)C(=O)O. The van der Waals surface area contributed by atoms with E-state index in [1.54, 1.807) is 0 Å². The minimum Gasteiger partial charge on any atom is -0.480 e. The molecule has 0 aliphatic heterocycles. The molecule has 0 aliphatic carbocycles. The number of carbonyl (C=O) groups excluding carboxylic acids is 1. The van der Waals surface area contributed by atoms with Gasteiger partial charge in [-0.1, -0.05) is 15.9 Å². The standard InChI is InChI=1S/C13H13BrF3NO3/c14-9-3-2-8(15)5-7(9)1-4-12(19)18-10(13(20)21)6-11(16)17/h2-3,5,10-11H,1,4,6H2,(H,18,19)(H,20,21). The minimum atomic E-state index is -2.83. The van der Waals surface area contributed by atoms with E-state index in [-0.39, 0.29) is 12.8 Å². The summed E-state index contributed by atoms with van der Waals surface area (Å²) < 4.78 is 38.0. The second-order valence-corrected chi connectivity index (χ2v) is 5.18. The van der Waals surface area contributed by atoms with Gasteiger partial charge in [-0.3, -0.25) is 4.79 Å². The van der Waals surface area contributed by atoms with Crippen LogP contribution in [-0.4, -0.2) is 29.5 Å². The first-order valence-electron chi connectivity index (χ1n) is 6.04. The number of carboxylic acids is 1. The zero-order valence-electron chi connectivity index (χ0n) is 10.8. The molecule has 1 rings (SSSR count). The van der Waals surface area contributed by atoms with E-state index in [1.807, 2.05) is 5.32 Å². The summed E-state index contributed by atoms with van der Waals surface area (Å²) in [6.07, 6.45) is -3.76. The highest BCUT2D eigenvalue weighted by atomic mass is 79.9. The minimum absolute atomic E-state index is 0.130. The van der Waals surface area contributed by atoms with Gasteiger partial charge in [0, 0.05) is 17.3 Å². The molecule has 0 saturated heterocycles. The van der Waals surface area contributed by atoms with Gasteiger partial charge in [0.05, 0.1) is 0 Å². The van der Waals surface area contributed by atoms with Gasteiger partial charge in [-0.05, 0) is 30.2 Å². The molecule has 0 fully saturated rings. The first-order valence-corrected chi connectivity index (χ1v) is 6.83. The van der Waals surface area contributed by atoms with E-state index < -0.39 is 36.6 Å². The number of hydrogen-bond donors (Lipinski definition) is 2. The lowest BCUT2D eigenvalue weighted by molar-refractivity contribution is -0.143. The number of halogens is 4. The smallest absolute Gasteiger partial charge is 0.326 e. The number of aliphatic carboxylic acids is 1. The van der Waals surface area contributed by atoms with Crippen LogP contribution in [-0.2, 0) is 16.0 Å². The van der Waals surface area contributed by atoms with Gasteiger partial charge in [-0.2, -0.15) is 0 Å². The zero-order valence-corrected chi connectivity index (χ0v) is 12.4. The fourth-order valence-electron chi connectivity index (χ4n) is 1.65. The maximum atomic E-state index is 13.0. The molecule has 1 atom stereocenters.